The molecule has 0 unspecified atom stereocenters. The second-order valence-electron chi connectivity index (χ2n) is 6.71. The molecule has 0 aliphatic carbocycles. The fraction of sp³-hybridized carbons (Fsp3) is 0.556. The molecule has 2 aliphatic rings. The number of likely N-dealkylation sites (tertiary alicyclic amines) is 1. The third-order valence-electron chi connectivity index (χ3n) is 4.97. The van der Waals surface area contributed by atoms with E-state index in [4.69, 9.17) is 10.5 Å². The Morgan fingerprint density at radius 3 is 2.64 bits per heavy atom. The second-order valence-corrected chi connectivity index (χ2v) is 6.71. The van der Waals surface area contributed by atoms with Crippen molar-refractivity contribution in [3.8, 4) is 0 Å². The Balaban J connectivity index is 1.72. The zero-order chi connectivity index (χ0) is 17.8. The summed E-state index contributed by atoms with van der Waals surface area (Å²) in [7, 11) is 0. The molecule has 2 heterocycles. The van der Waals surface area contributed by atoms with E-state index in [0.29, 0.717) is 19.7 Å². The first-order valence-electron chi connectivity index (χ1n) is 8.76. The molecular weight excluding hydrogens is 325 g/mol. The molecule has 6 nitrogen and oxygen atoms in total. The largest absolute Gasteiger partial charge is 0.376 e. The summed E-state index contributed by atoms with van der Waals surface area (Å²) in [6, 6.07) is 5.32. The van der Waals surface area contributed by atoms with Crippen LogP contribution < -0.4 is 11.1 Å². The summed E-state index contributed by atoms with van der Waals surface area (Å²) in [5.74, 6) is -0.716. The van der Waals surface area contributed by atoms with E-state index in [1.54, 1.807) is 12.1 Å². The van der Waals surface area contributed by atoms with Crippen LogP contribution in [0.25, 0.3) is 0 Å². The van der Waals surface area contributed by atoms with E-state index < -0.39 is 6.03 Å². The van der Waals surface area contributed by atoms with Gasteiger partial charge in [0.15, 0.2) is 0 Å². The number of hydrogen-bond donors (Lipinski definition) is 2. The van der Waals surface area contributed by atoms with E-state index in [-0.39, 0.29) is 29.8 Å². The van der Waals surface area contributed by atoms with Crippen molar-refractivity contribution in [3.05, 3.63) is 35.6 Å². The lowest BCUT2D eigenvalue weighted by molar-refractivity contribution is -0.128. The number of halogens is 1. The van der Waals surface area contributed by atoms with Gasteiger partial charge in [0.2, 0.25) is 5.91 Å². The molecule has 3 atom stereocenters. The number of hydrogen-bond acceptors (Lipinski definition) is 3. The van der Waals surface area contributed by atoms with Crippen LogP contribution in [0.4, 0.5) is 9.18 Å². The van der Waals surface area contributed by atoms with Crippen LogP contribution in [0.1, 0.15) is 37.3 Å². The summed E-state index contributed by atoms with van der Waals surface area (Å²) in [6.07, 6.45) is 3.14. The molecule has 3 N–H and O–H groups in total. The number of carbonyl (C=O) groups is 2. The van der Waals surface area contributed by atoms with E-state index in [2.05, 4.69) is 5.32 Å². The molecular formula is C18H24FN3O3. The summed E-state index contributed by atoms with van der Waals surface area (Å²) >= 11 is 0. The smallest absolute Gasteiger partial charge is 0.314 e. The van der Waals surface area contributed by atoms with E-state index in [9.17, 15) is 14.0 Å². The first kappa shape index (κ1) is 17.7. The number of carbonyl (C=O) groups excluding carboxylic acids is 2. The Bertz CT molecular complexity index is 616. The number of benzene rings is 1. The molecule has 0 bridgehead atoms. The van der Waals surface area contributed by atoms with Gasteiger partial charge >= 0.3 is 6.03 Å². The molecule has 136 valence electrons. The molecule has 0 saturated carbocycles. The van der Waals surface area contributed by atoms with Gasteiger partial charge in [-0.05, 0) is 43.4 Å². The van der Waals surface area contributed by atoms with Gasteiger partial charge in [-0.1, -0.05) is 12.1 Å². The highest BCUT2D eigenvalue weighted by molar-refractivity contribution is 5.81. The van der Waals surface area contributed by atoms with Crippen molar-refractivity contribution in [2.75, 3.05) is 19.7 Å². The predicted molar refractivity (Wildman–Crippen MR) is 90.1 cm³/mol. The maximum Gasteiger partial charge on any atom is 0.314 e. The highest BCUT2D eigenvalue weighted by Crippen LogP contribution is 2.28. The fourth-order valence-electron chi connectivity index (χ4n) is 3.59. The predicted octanol–water partition coefficient (Wildman–Crippen LogP) is 1.95. The van der Waals surface area contributed by atoms with Crippen LogP contribution >= 0.6 is 0 Å². The minimum absolute atomic E-state index is 0.115. The number of rotatable bonds is 4. The molecule has 7 heteroatoms. The maximum atomic E-state index is 13.2. The van der Waals surface area contributed by atoms with Crippen LogP contribution in [-0.2, 0) is 9.53 Å². The molecule has 1 aromatic carbocycles. The molecule has 2 fully saturated rings. The lowest BCUT2D eigenvalue weighted by Crippen LogP contribution is -2.48. The van der Waals surface area contributed by atoms with E-state index in [1.807, 2.05) is 0 Å². The van der Waals surface area contributed by atoms with Gasteiger partial charge in [0.1, 0.15) is 5.82 Å². The number of nitrogens with two attached hydrogens (primary N) is 1. The van der Waals surface area contributed by atoms with Crippen LogP contribution in [0.5, 0.6) is 0 Å². The molecule has 2 saturated heterocycles. The first-order chi connectivity index (χ1) is 12.0. The lowest BCUT2D eigenvalue weighted by Gasteiger charge is -2.33. The van der Waals surface area contributed by atoms with Crippen molar-refractivity contribution < 1.29 is 18.7 Å². The Labute approximate surface area is 146 Å². The number of nitrogens with zero attached hydrogens (tertiary/aromatic N) is 1. The number of urea groups is 1. The topological polar surface area (TPSA) is 84.7 Å². The maximum absolute atomic E-state index is 13.2. The Kier molecular flexibility index (Phi) is 5.53. The third kappa shape index (κ3) is 4.28. The molecule has 2 aliphatic heterocycles. The molecule has 0 aromatic heterocycles. The minimum Gasteiger partial charge on any atom is -0.376 e. The van der Waals surface area contributed by atoms with Gasteiger partial charge < -0.3 is 20.7 Å². The monoisotopic (exact) mass is 349 g/mol. The Morgan fingerprint density at radius 2 is 2.00 bits per heavy atom. The van der Waals surface area contributed by atoms with Crippen molar-refractivity contribution in [2.24, 2.45) is 11.7 Å². The quantitative estimate of drug-likeness (QED) is 0.871. The van der Waals surface area contributed by atoms with Crippen molar-refractivity contribution in [3.63, 3.8) is 0 Å². The molecule has 3 rings (SSSR count). The standard InChI is InChI=1S/C18H24FN3O3/c19-14-7-5-12(6-8-14)16(15-4-2-10-25-15)21-17(23)13-3-1-9-22(11-13)18(20)24/h5-8,13,15-16H,1-4,9-11H2,(H2,20,24)(H,21,23)/t13-,15+,16+/m0/s1. The van der Waals surface area contributed by atoms with Gasteiger partial charge in [-0.15, -0.1) is 0 Å². The molecule has 0 spiro atoms. The third-order valence-corrected chi connectivity index (χ3v) is 4.97. The van der Waals surface area contributed by atoms with Crippen molar-refractivity contribution in [1.82, 2.24) is 10.2 Å². The van der Waals surface area contributed by atoms with E-state index >= 15 is 0 Å². The zero-order valence-electron chi connectivity index (χ0n) is 14.1. The highest BCUT2D eigenvalue weighted by Gasteiger charge is 2.33. The second kappa shape index (κ2) is 7.82. The van der Waals surface area contributed by atoms with Crippen molar-refractivity contribution >= 4 is 11.9 Å². The molecule has 3 amide bonds. The zero-order valence-corrected chi connectivity index (χ0v) is 14.1. The summed E-state index contributed by atoms with van der Waals surface area (Å²) < 4.78 is 19.0. The SMILES string of the molecule is NC(=O)N1CCC[C@H](C(=O)N[C@H](c2ccc(F)cc2)[C@H]2CCCO2)C1. The van der Waals surface area contributed by atoms with Gasteiger partial charge in [-0.2, -0.15) is 0 Å². The van der Waals surface area contributed by atoms with Crippen molar-refractivity contribution in [1.29, 1.82) is 0 Å². The van der Waals surface area contributed by atoms with E-state index in [0.717, 1.165) is 31.2 Å². The van der Waals surface area contributed by atoms with Gasteiger partial charge in [0, 0.05) is 19.7 Å². The molecule has 1 aromatic rings. The first-order valence-corrected chi connectivity index (χ1v) is 8.76. The van der Waals surface area contributed by atoms with Crippen LogP contribution in [0.15, 0.2) is 24.3 Å². The summed E-state index contributed by atoms with van der Waals surface area (Å²) in [4.78, 5) is 25.6. The van der Waals surface area contributed by atoms with Gasteiger partial charge in [-0.3, -0.25) is 4.79 Å². The average Bonchev–Trinajstić information content (AvgIpc) is 3.15. The van der Waals surface area contributed by atoms with Crippen LogP contribution in [0.2, 0.25) is 0 Å². The van der Waals surface area contributed by atoms with Crippen LogP contribution in [-0.4, -0.2) is 42.6 Å². The summed E-state index contributed by atoms with van der Waals surface area (Å²) in [6.45, 7) is 1.59. The lowest BCUT2D eigenvalue weighted by atomic mass is 9.94. The number of amides is 3. The molecule has 25 heavy (non-hydrogen) atoms. The number of primary amides is 1. The van der Waals surface area contributed by atoms with Gasteiger partial charge in [0.25, 0.3) is 0 Å². The van der Waals surface area contributed by atoms with Crippen molar-refractivity contribution in [2.45, 2.75) is 37.8 Å². The summed E-state index contributed by atoms with van der Waals surface area (Å²) in [5, 5.41) is 3.06. The Morgan fingerprint density at radius 1 is 1.24 bits per heavy atom. The van der Waals surface area contributed by atoms with Gasteiger partial charge in [-0.25, -0.2) is 9.18 Å². The van der Waals surface area contributed by atoms with Gasteiger partial charge in [0.05, 0.1) is 18.1 Å². The number of nitrogens with one attached hydrogen (secondary N) is 1. The Hall–Kier alpha value is -2.15. The minimum atomic E-state index is -0.494. The number of ether oxygens (including phenoxy) is 1. The summed E-state index contributed by atoms with van der Waals surface area (Å²) in [5.41, 5.74) is 6.16. The van der Waals surface area contributed by atoms with Crippen LogP contribution in [0.3, 0.4) is 0 Å². The highest BCUT2D eigenvalue weighted by atomic mass is 19.1. The number of piperidine rings is 1. The van der Waals surface area contributed by atoms with E-state index in [1.165, 1.54) is 17.0 Å². The molecule has 0 radical (unpaired) electrons. The van der Waals surface area contributed by atoms with Crippen LogP contribution in [0, 0.1) is 11.7 Å². The average molecular weight is 349 g/mol. The fourth-order valence-corrected chi connectivity index (χ4v) is 3.59. The normalized spacial score (nSPS) is 24.8.